The smallest absolute Gasteiger partial charge is 0.319 e. The molecule has 2 aromatic rings. The minimum absolute atomic E-state index is 0.0476. The van der Waals surface area contributed by atoms with Crippen molar-refractivity contribution < 1.29 is 14.0 Å². The Balaban J connectivity index is 1.88. The first-order valence-corrected chi connectivity index (χ1v) is 7.84. The van der Waals surface area contributed by atoms with Gasteiger partial charge in [0.25, 0.3) is 0 Å². The van der Waals surface area contributed by atoms with Gasteiger partial charge in [0, 0.05) is 23.5 Å². The number of urea groups is 1. The number of amides is 3. The topological polar surface area (TPSA) is 70.2 Å². The average molecular weight is 341 g/mol. The summed E-state index contributed by atoms with van der Waals surface area (Å²) in [5.74, 6) is -0.625. The third kappa shape index (κ3) is 6.47. The summed E-state index contributed by atoms with van der Waals surface area (Å²) in [7, 11) is 0. The molecule has 0 bridgehead atoms. The lowest BCUT2D eigenvalue weighted by molar-refractivity contribution is -0.111. The first kappa shape index (κ1) is 18.2. The van der Waals surface area contributed by atoms with Gasteiger partial charge in [0.15, 0.2) is 0 Å². The van der Waals surface area contributed by atoms with Crippen LogP contribution in [0.4, 0.5) is 20.6 Å². The van der Waals surface area contributed by atoms with Gasteiger partial charge in [-0.1, -0.05) is 12.1 Å². The molecule has 0 heterocycles. The lowest BCUT2D eigenvalue weighted by atomic mass is 10.2. The normalized spacial score (nSPS) is 10.7. The minimum atomic E-state index is -0.322. The van der Waals surface area contributed by atoms with Crippen LogP contribution in [-0.4, -0.2) is 18.0 Å². The molecular formula is C19H20FN3O2. The number of hydrogen-bond donors (Lipinski definition) is 3. The summed E-state index contributed by atoms with van der Waals surface area (Å²) in [5.41, 5.74) is 1.95. The number of nitrogens with one attached hydrogen (secondary N) is 3. The Kier molecular flexibility index (Phi) is 6.28. The molecule has 2 rings (SSSR count). The number of rotatable bonds is 5. The first-order chi connectivity index (χ1) is 11.9. The average Bonchev–Trinajstić information content (AvgIpc) is 2.55. The van der Waals surface area contributed by atoms with E-state index in [1.54, 1.807) is 42.5 Å². The van der Waals surface area contributed by atoms with Crippen molar-refractivity contribution in [3.05, 3.63) is 66.0 Å². The molecule has 5 nitrogen and oxygen atoms in total. The number of hydrogen-bond acceptors (Lipinski definition) is 2. The Morgan fingerprint density at radius 2 is 1.48 bits per heavy atom. The van der Waals surface area contributed by atoms with E-state index in [0.717, 1.165) is 5.56 Å². The van der Waals surface area contributed by atoms with Gasteiger partial charge >= 0.3 is 6.03 Å². The largest absolute Gasteiger partial charge is 0.336 e. The van der Waals surface area contributed by atoms with E-state index in [-0.39, 0.29) is 23.8 Å². The van der Waals surface area contributed by atoms with E-state index in [0.29, 0.717) is 11.4 Å². The molecule has 3 amide bonds. The van der Waals surface area contributed by atoms with Crippen LogP contribution in [0.3, 0.4) is 0 Å². The molecule has 0 aliphatic rings. The molecule has 6 heteroatoms. The fourth-order valence-corrected chi connectivity index (χ4v) is 2.00. The highest BCUT2D eigenvalue weighted by Crippen LogP contribution is 2.14. The van der Waals surface area contributed by atoms with Gasteiger partial charge < -0.3 is 16.0 Å². The van der Waals surface area contributed by atoms with E-state index in [2.05, 4.69) is 16.0 Å². The summed E-state index contributed by atoms with van der Waals surface area (Å²) in [6.07, 6.45) is 2.97. The summed E-state index contributed by atoms with van der Waals surface area (Å²) in [6.45, 7) is 3.75. The van der Waals surface area contributed by atoms with Crippen molar-refractivity contribution in [1.82, 2.24) is 5.32 Å². The van der Waals surface area contributed by atoms with Crippen molar-refractivity contribution in [2.24, 2.45) is 0 Å². The molecule has 0 saturated heterocycles. The fraction of sp³-hybridized carbons (Fsp3) is 0.158. The molecule has 3 N–H and O–H groups in total. The molecule has 0 atom stereocenters. The van der Waals surface area contributed by atoms with Crippen LogP contribution in [0.15, 0.2) is 54.6 Å². The Bertz CT molecular complexity index is 753. The Labute approximate surface area is 145 Å². The Morgan fingerprint density at radius 3 is 2.04 bits per heavy atom. The molecular weight excluding hydrogens is 321 g/mol. The molecule has 25 heavy (non-hydrogen) atoms. The van der Waals surface area contributed by atoms with Gasteiger partial charge in [-0.2, -0.15) is 0 Å². The molecule has 0 aliphatic carbocycles. The molecule has 0 aromatic heterocycles. The summed E-state index contributed by atoms with van der Waals surface area (Å²) >= 11 is 0. The standard InChI is InChI=1S/C19H20FN3O2/c1-13(2)21-19(25)23-17-10-8-16(9-11-17)22-18(24)12-5-14-3-6-15(20)7-4-14/h3-13H,1-2H3,(H,22,24)(H2,21,23,25)/b12-5+. The molecule has 130 valence electrons. The van der Waals surface area contributed by atoms with E-state index in [1.807, 2.05) is 13.8 Å². The van der Waals surface area contributed by atoms with Gasteiger partial charge in [0.2, 0.25) is 5.91 Å². The molecule has 2 aromatic carbocycles. The van der Waals surface area contributed by atoms with Crippen molar-refractivity contribution in [2.45, 2.75) is 19.9 Å². The monoisotopic (exact) mass is 341 g/mol. The van der Waals surface area contributed by atoms with Crippen LogP contribution < -0.4 is 16.0 Å². The highest BCUT2D eigenvalue weighted by molar-refractivity contribution is 6.02. The summed E-state index contributed by atoms with van der Waals surface area (Å²) < 4.78 is 12.8. The van der Waals surface area contributed by atoms with Crippen LogP contribution in [-0.2, 0) is 4.79 Å². The maximum atomic E-state index is 12.8. The van der Waals surface area contributed by atoms with Crippen molar-refractivity contribution in [1.29, 1.82) is 0 Å². The van der Waals surface area contributed by atoms with Crippen LogP contribution in [0, 0.1) is 5.82 Å². The maximum absolute atomic E-state index is 12.8. The van der Waals surface area contributed by atoms with Gasteiger partial charge in [0.05, 0.1) is 0 Å². The molecule has 0 radical (unpaired) electrons. The van der Waals surface area contributed by atoms with E-state index >= 15 is 0 Å². The minimum Gasteiger partial charge on any atom is -0.336 e. The number of carbonyl (C=O) groups is 2. The molecule has 0 spiro atoms. The van der Waals surface area contributed by atoms with Gasteiger partial charge in [-0.3, -0.25) is 4.79 Å². The maximum Gasteiger partial charge on any atom is 0.319 e. The summed E-state index contributed by atoms with van der Waals surface area (Å²) in [4.78, 5) is 23.5. The van der Waals surface area contributed by atoms with Crippen LogP contribution in [0.1, 0.15) is 19.4 Å². The zero-order valence-corrected chi connectivity index (χ0v) is 14.0. The first-order valence-electron chi connectivity index (χ1n) is 7.84. The number of anilines is 2. The predicted molar refractivity (Wildman–Crippen MR) is 97.8 cm³/mol. The van der Waals surface area contributed by atoms with Gasteiger partial charge in [-0.25, -0.2) is 9.18 Å². The number of carbonyl (C=O) groups excluding carboxylic acids is 2. The Morgan fingerprint density at radius 1 is 0.920 bits per heavy atom. The van der Waals surface area contributed by atoms with Crippen LogP contribution in [0.2, 0.25) is 0 Å². The zero-order chi connectivity index (χ0) is 18.2. The van der Waals surface area contributed by atoms with Crippen molar-refractivity contribution >= 4 is 29.4 Å². The summed E-state index contributed by atoms with van der Waals surface area (Å²) in [5, 5.41) is 8.13. The predicted octanol–water partition coefficient (Wildman–Crippen LogP) is 4.01. The van der Waals surface area contributed by atoms with E-state index < -0.39 is 0 Å². The molecule has 0 aliphatic heterocycles. The third-order valence-electron chi connectivity index (χ3n) is 3.13. The molecule has 0 unspecified atom stereocenters. The second-order valence-corrected chi connectivity index (χ2v) is 5.70. The van der Waals surface area contributed by atoms with Gasteiger partial charge in [-0.15, -0.1) is 0 Å². The third-order valence-corrected chi connectivity index (χ3v) is 3.13. The van der Waals surface area contributed by atoms with E-state index in [9.17, 15) is 14.0 Å². The second kappa shape index (κ2) is 8.63. The van der Waals surface area contributed by atoms with E-state index in [4.69, 9.17) is 0 Å². The quantitative estimate of drug-likeness (QED) is 0.719. The number of benzene rings is 2. The van der Waals surface area contributed by atoms with Crippen LogP contribution in [0.5, 0.6) is 0 Å². The SMILES string of the molecule is CC(C)NC(=O)Nc1ccc(NC(=O)/C=C/c2ccc(F)cc2)cc1. The van der Waals surface area contributed by atoms with Crippen molar-refractivity contribution in [3.8, 4) is 0 Å². The highest BCUT2D eigenvalue weighted by Gasteiger charge is 2.04. The van der Waals surface area contributed by atoms with Gasteiger partial charge in [0.1, 0.15) is 5.82 Å². The molecule has 0 fully saturated rings. The highest BCUT2D eigenvalue weighted by atomic mass is 19.1. The lowest BCUT2D eigenvalue weighted by Crippen LogP contribution is -2.34. The fourth-order valence-electron chi connectivity index (χ4n) is 2.00. The van der Waals surface area contributed by atoms with Crippen LogP contribution in [0.25, 0.3) is 6.08 Å². The van der Waals surface area contributed by atoms with Crippen LogP contribution >= 0.6 is 0 Å². The lowest BCUT2D eigenvalue weighted by Gasteiger charge is -2.10. The molecule has 0 saturated carbocycles. The summed E-state index contributed by atoms with van der Waals surface area (Å²) in [6, 6.07) is 12.4. The van der Waals surface area contributed by atoms with Crippen molar-refractivity contribution in [2.75, 3.05) is 10.6 Å². The second-order valence-electron chi connectivity index (χ2n) is 5.70. The Hall–Kier alpha value is -3.15. The number of halogens is 1. The van der Waals surface area contributed by atoms with E-state index in [1.165, 1.54) is 18.2 Å². The van der Waals surface area contributed by atoms with Gasteiger partial charge in [-0.05, 0) is 61.9 Å². The zero-order valence-electron chi connectivity index (χ0n) is 14.0. The van der Waals surface area contributed by atoms with Crippen molar-refractivity contribution in [3.63, 3.8) is 0 Å².